The Morgan fingerprint density at radius 1 is 1.42 bits per heavy atom. The molecule has 1 fully saturated rings. The lowest BCUT2D eigenvalue weighted by Gasteiger charge is -2.38. The Bertz CT molecular complexity index is 425. The van der Waals surface area contributed by atoms with E-state index in [4.69, 9.17) is 4.74 Å². The van der Waals surface area contributed by atoms with Gasteiger partial charge < -0.3 is 9.84 Å². The van der Waals surface area contributed by atoms with E-state index in [1.807, 2.05) is 44.2 Å². The monoisotopic (exact) mass is 262 g/mol. The van der Waals surface area contributed by atoms with Crippen LogP contribution in [-0.4, -0.2) is 23.3 Å². The molecule has 0 unspecified atom stereocenters. The van der Waals surface area contributed by atoms with Crippen LogP contribution in [0.25, 0.3) is 0 Å². The van der Waals surface area contributed by atoms with E-state index in [2.05, 4.69) is 0 Å². The van der Waals surface area contributed by atoms with Gasteiger partial charge in [0, 0.05) is 0 Å². The molecular weight excluding hydrogens is 240 g/mol. The molecule has 1 aliphatic carbocycles. The molecule has 0 bridgehead atoms. The third kappa shape index (κ3) is 3.35. The lowest BCUT2D eigenvalue weighted by molar-refractivity contribution is -0.152. The highest BCUT2D eigenvalue weighted by molar-refractivity contribution is 5.74. The first kappa shape index (κ1) is 14.1. The fourth-order valence-electron chi connectivity index (χ4n) is 2.97. The number of carbonyl (C=O) groups is 1. The molecular formula is C16H22O3. The highest BCUT2D eigenvalue weighted by Gasteiger charge is 2.41. The van der Waals surface area contributed by atoms with Crippen LogP contribution < -0.4 is 0 Å². The first-order chi connectivity index (χ1) is 9.03. The molecule has 1 aliphatic rings. The summed E-state index contributed by atoms with van der Waals surface area (Å²) in [5.41, 5.74) is 0.421. The zero-order valence-corrected chi connectivity index (χ0v) is 11.6. The molecule has 19 heavy (non-hydrogen) atoms. The number of hydrogen-bond donors (Lipinski definition) is 1. The molecule has 104 valence electrons. The molecule has 1 aromatic rings. The van der Waals surface area contributed by atoms with Gasteiger partial charge in [-0.25, -0.2) is 0 Å². The second-order valence-corrected chi connectivity index (χ2v) is 5.62. The van der Waals surface area contributed by atoms with Crippen molar-refractivity contribution in [1.29, 1.82) is 0 Å². The van der Waals surface area contributed by atoms with Crippen molar-refractivity contribution in [3.63, 3.8) is 0 Å². The molecule has 1 aromatic carbocycles. The molecule has 0 spiro atoms. The predicted molar refractivity (Wildman–Crippen MR) is 73.8 cm³/mol. The van der Waals surface area contributed by atoms with Gasteiger partial charge in [0.1, 0.15) is 0 Å². The molecule has 3 nitrogen and oxygen atoms in total. The molecule has 0 amide bonds. The van der Waals surface area contributed by atoms with Crippen LogP contribution in [0.1, 0.15) is 44.6 Å². The van der Waals surface area contributed by atoms with Crippen LogP contribution in [-0.2, 0) is 9.53 Å². The van der Waals surface area contributed by atoms with Gasteiger partial charge in [-0.15, -0.1) is 0 Å². The summed E-state index contributed by atoms with van der Waals surface area (Å²) in [6.45, 7) is 4.09. The number of hydrogen-bond acceptors (Lipinski definition) is 3. The van der Waals surface area contributed by atoms with E-state index in [1.165, 1.54) is 0 Å². The Balaban J connectivity index is 2.24. The van der Waals surface area contributed by atoms with Crippen molar-refractivity contribution >= 4 is 5.97 Å². The molecule has 0 heterocycles. The Hall–Kier alpha value is -1.35. The largest absolute Gasteiger partial charge is 0.466 e. The van der Waals surface area contributed by atoms with Gasteiger partial charge in [0.25, 0.3) is 0 Å². The zero-order chi connectivity index (χ0) is 13.9. The predicted octanol–water partition coefficient (Wildman–Crippen LogP) is 2.88. The molecule has 3 heteroatoms. The maximum Gasteiger partial charge on any atom is 0.309 e. The van der Waals surface area contributed by atoms with E-state index in [0.29, 0.717) is 25.9 Å². The molecule has 0 aliphatic heterocycles. The summed E-state index contributed by atoms with van der Waals surface area (Å²) < 4.78 is 5.18. The highest BCUT2D eigenvalue weighted by atomic mass is 16.5. The van der Waals surface area contributed by atoms with Gasteiger partial charge in [-0.05, 0) is 44.6 Å². The van der Waals surface area contributed by atoms with Crippen LogP contribution in [0.3, 0.4) is 0 Å². The number of aliphatic hydroxyl groups is 1. The maximum absolute atomic E-state index is 12.1. The van der Waals surface area contributed by atoms with E-state index in [0.717, 1.165) is 5.56 Å². The average molecular weight is 262 g/mol. The minimum atomic E-state index is -0.691. The lowest BCUT2D eigenvalue weighted by Crippen LogP contribution is -2.39. The minimum Gasteiger partial charge on any atom is -0.466 e. The van der Waals surface area contributed by atoms with Gasteiger partial charge in [0.2, 0.25) is 0 Å². The first-order valence-corrected chi connectivity index (χ1v) is 6.97. The van der Waals surface area contributed by atoms with Crippen LogP contribution in [0.5, 0.6) is 0 Å². The third-order valence-electron chi connectivity index (χ3n) is 3.96. The van der Waals surface area contributed by atoms with Gasteiger partial charge >= 0.3 is 5.97 Å². The van der Waals surface area contributed by atoms with Crippen LogP contribution in [0.2, 0.25) is 0 Å². The lowest BCUT2D eigenvalue weighted by atomic mass is 9.69. The summed E-state index contributed by atoms with van der Waals surface area (Å²) in [6, 6.07) is 9.96. The fourth-order valence-corrected chi connectivity index (χ4v) is 2.97. The summed E-state index contributed by atoms with van der Waals surface area (Å²) in [7, 11) is 0. The second-order valence-electron chi connectivity index (χ2n) is 5.62. The van der Waals surface area contributed by atoms with E-state index in [9.17, 15) is 9.90 Å². The molecule has 0 radical (unpaired) electrons. The number of benzene rings is 1. The highest BCUT2D eigenvalue weighted by Crippen LogP contribution is 2.42. The van der Waals surface area contributed by atoms with Gasteiger partial charge in [-0.2, -0.15) is 0 Å². The fraction of sp³-hybridized carbons (Fsp3) is 0.562. The van der Waals surface area contributed by atoms with E-state index in [-0.39, 0.29) is 17.8 Å². The summed E-state index contributed by atoms with van der Waals surface area (Å²) in [5, 5.41) is 10.3. The summed E-state index contributed by atoms with van der Waals surface area (Å²) in [6.07, 6.45) is 1.95. The van der Waals surface area contributed by atoms with Gasteiger partial charge in [-0.1, -0.05) is 30.3 Å². The van der Waals surface area contributed by atoms with Gasteiger partial charge in [0.05, 0.1) is 18.1 Å². The normalized spacial score (nSPS) is 30.9. The summed E-state index contributed by atoms with van der Waals surface area (Å²) in [5.74, 6) is -0.224. The number of esters is 1. The van der Waals surface area contributed by atoms with Crippen molar-refractivity contribution in [3.05, 3.63) is 35.9 Å². The Kier molecular flexibility index (Phi) is 4.25. The SMILES string of the molecule is CCOC(=O)[C@@H]1CC[C@@](C)(O)C[C@H]1c1ccccc1. The van der Waals surface area contributed by atoms with Crippen LogP contribution in [0, 0.1) is 5.92 Å². The van der Waals surface area contributed by atoms with Crippen molar-refractivity contribution in [2.24, 2.45) is 5.92 Å². The van der Waals surface area contributed by atoms with E-state index < -0.39 is 5.60 Å². The van der Waals surface area contributed by atoms with Gasteiger partial charge in [-0.3, -0.25) is 4.79 Å². The van der Waals surface area contributed by atoms with Crippen molar-refractivity contribution in [2.75, 3.05) is 6.61 Å². The van der Waals surface area contributed by atoms with Crippen LogP contribution in [0.4, 0.5) is 0 Å². The molecule has 1 saturated carbocycles. The zero-order valence-electron chi connectivity index (χ0n) is 11.6. The first-order valence-electron chi connectivity index (χ1n) is 6.97. The molecule has 0 saturated heterocycles. The average Bonchev–Trinajstić information content (AvgIpc) is 2.39. The smallest absolute Gasteiger partial charge is 0.309 e. The van der Waals surface area contributed by atoms with Crippen molar-refractivity contribution in [1.82, 2.24) is 0 Å². The number of ether oxygens (including phenoxy) is 1. The molecule has 1 N–H and O–H groups in total. The minimum absolute atomic E-state index is 0.0454. The summed E-state index contributed by atoms with van der Waals surface area (Å²) in [4.78, 5) is 12.1. The Morgan fingerprint density at radius 3 is 2.74 bits per heavy atom. The Labute approximate surface area is 114 Å². The Morgan fingerprint density at radius 2 is 2.11 bits per heavy atom. The second kappa shape index (κ2) is 5.74. The standard InChI is InChI=1S/C16H22O3/c1-3-19-15(17)13-9-10-16(2,18)11-14(13)12-7-5-4-6-8-12/h4-8,13-14,18H,3,9-11H2,1-2H3/t13-,14+,16-/m1/s1. The number of carbonyl (C=O) groups excluding carboxylic acids is 1. The quantitative estimate of drug-likeness (QED) is 0.852. The molecule has 0 aromatic heterocycles. The molecule has 2 rings (SSSR count). The third-order valence-corrected chi connectivity index (χ3v) is 3.96. The van der Waals surface area contributed by atoms with Crippen LogP contribution >= 0.6 is 0 Å². The maximum atomic E-state index is 12.1. The van der Waals surface area contributed by atoms with E-state index >= 15 is 0 Å². The van der Waals surface area contributed by atoms with Crippen molar-refractivity contribution < 1.29 is 14.6 Å². The van der Waals surface area contributed by atoms with Crippen molar-refractivity contribution in [3.8, 4) is 0 Å². The topological polar surface area (TPSA) is 46.5 Å². The molecule has 3 atom stereocenters. The van der Waals surface area contributed by atoms with Gasteiger partial charge in [0.15, 0.2) is 0 Å². The van der Waals surface area contributed by atoms with E-state index in [1.54, 1.807) is 0 Å². The van der Waals surface area contributed by atoms with Crippen molar-refractivity contribution in [2.45, 2.75) is 44.6 Å². The summed E-state index contributed by atoms with van der Waals surface area (Å²) >= 11 is 0. The number of rotatable bonds is 3. The van der Waals surface area contributed by atoms with Crippen LogP contribution in [0.15, 0.2) is 30.3 Å².